The van der Waals surface area contributed by atoms with Crippen molar-refractivity contribution >= 4 is 34.2 Å². The first-order valence-corrected chi connectivity index (χ1v) is 7.63. The number of hydrogen-bond acceptors (Lipinski definition) is 1. The van der Waals surface area contributed by atoms with Crippen molar-refractivity contribution in [1.29, 1.82) is 0 Å². The third kappa shape index (κ3) is 2.94. The Balaban J connectivity index is 2.64. The number of rotatable bonds is 4. The van der Waals surface area contributed by atoms with Crippen LogP contribution in [-0.2, 0) is 0 Å². The quantitative estimate of drug-likeness (QED) is 0.658. The van der Waals surface area contributed by atoms with Crippen molar-refractivity contribution in [3.8, 4) is 0 Å². The number of nitrogens with zero attached hydrogens (tertiary/aromatic N) is 2. The molecule has 0 saturated heterocycles. The smallest absolute Gasteiger partial charge is 0.144 e. The minimum atomic E-state index is -0.450. The zero-order valence-corrected chi connectivity index (χ0v) is 13.6. The summed E-state index contributed by atoms with van der Waals surface area (Å²) in [7, 11) is 0. The van der Waals surface area contributed by atoms with E-state index in [9.17, 15) is 4.39 Å². The molecule has 0 amide bonds. The zero-order chi connectivity index (χ0) is 15.0. The summed E-state index contributed by atoms with van der Waals surface area (Å²) in [5.74, 6) is 0.863. The topological polar surface area (TPSA) is 17.8 Å². The van der Waals surface area contributed by atoms with Crippen molar-refractivity contribution in [3.63, 3.8) is 0 Å². The van der Waals surface area contributed by atoms with Crippen molar-refractivity contribution in [3.05, 3.63) is 28.8 Å². The molecule has 0 saturated carbocycles. The van der Waals surface area contributed by atoms with Crippen LogP contribution in [0.1, 0.15) is 51.4 Å². The van der Waals surface area contributed by atoms with Crippen molar-refractivity contribution in [2.45, 2.75) is 45.5 Å². The van der Waals surface area contributed by atoms with Crippen molar-refractivity contribution in [2.75, 3.05) is 0 Å². The maximum absolute atomic E-state index is 13.6. The van der Waals surface area contributed by atoms with E-state index in [1.807, 2.05) is 6.92 Å². The first kappa shape index (κ1) is 15.6. The monoisotopic (exact) mass is 316 g/mol. The molecule has 0 aliphatic carbocycles. The summed E-state index contributed by atoms with van der Waals surface area (Å²) in [5.41, 5.74) is 1.44. The third-order valence-electron chi connectivity index (χ3n) is 3.37. The molecule has 1 aromatic heterocycles. The summed E-state index contributed by atoms with van der Waals surface area (Å²) in [6.07, 6.45) is 0.997. The highest BCUT2D eigenvalue weighted by molar-refractivity contribution is 6.31. The van der Waals surface area contributed by atoms with Gasteiger partial charge < -0.3 is 4.57 Å². The Hall–Kier alpha value is -0.800. The maximum atomic E-state index is 13.6. The van der Waals surface area contributed by atoms with Gasteiger partial charge in [0.15, 0.2) is 0 Å². The lowest BCUT2D eigenvalue weighted by Gasteiger charge is -2.20. The second-order valence-electron chi connectivity index (χ2n) is 5.69. The number of hydrogen-bond donors (Lipinski definition) is 0. The van der Waals surface area contributed by atoms with Gasteiger partial charge >= 0.3 is 0 Å². The van der Waals surface area contributed by atoms with Crippen LogP contribution < -0.4 is 0 Å². The molecule has 0 bridgehead atoms. The van der Waals surface area contributed by atoms with Gasteiger partial charge in [-0.3, -0.25) is 0 Å². The molecule has 0 aliphatic heterocycles. The van der Waals surface area contributed by atoms with E-state index >= 15 is 0 Å². The lowest BCUT2D eigenvalue weighted by Crippen LogP contribution is -2.12. The lowest BCUT2D eigenvalue weighted by atomic mass is 10.0. The molecule has 1 heterocycles. The Morgan fingerprint density at radius 1 is 1.25 bits per heavy atom. The predicted octanol–water partition coefficient (Wildman–Crippen LogP) is 5.74. The van der Waals surface area contributed by atoms with Gasteiger partial charge in [0.05, 0.1) is 21.4 Å². The molecule has 0 fully saturated rings. The van der Waals surface area contributed by atoms with E-state index in [-0.39, 0.29) is 16.4 Å². The molecule has 2 aromatic rings. The van der Waals surface area contributed by atoms with Gasteiger partial charge in [0.1, 0.15) is 11.6 Å². The summed E-state index contributed by atoms with van der Waals surface area (Å²) >= 11 is 12.1. The number of benzene rings is 1. The van der Waals surface area contributed by atoms with E-state index in [2.05, 4.69) is 30.3 Å². The molecule has 110 valence electrons. The van der Waals surface area contributed by atoms with E-state index < -0.39 is 5.82 Å². The Morgan fingerprint density at radius 2 is 1.90 bits per heavy atom. The summed E-state index contributed by atoms with van der Waals surface area (Å²) < 4.78 is 15.7. The highest BCUT2D eigenvalue weighted by atomic mass is 35.5. The summed E-state index contributed by atoms with van der Waals surface area (Å²) in [5, 5.41) is -0.122. The Kier molecular flexibility index (Phi) is 4.60. The lowest BCUT2D eigenvalue weighted by molar-refractivity contribution is 0.425. The number of halogens is 3. The largest absolute Gasteiger partial charge is 0.324 e. The van der Waals surface area contributed by atoms with E-state index in [0.717, 1.165) is 17.8 Å². The second kappa shape index (κ2) is 5.90. The molecule has 0 N–H and O–H groups in total. The van der Waals surface area contributed by atoms with Gasteiger partial charge in [-0.2, -0.15) is 0 Å². The molecule has 2 nitrogen and oxygen atoms in total. The predicted molar refractivity (Wildman–Crippen MR) is 83.1 cm³/mol. The second-order valence-corrected chi connectivity index (χ2v) is 6.75. The fraction of sp³-hybridized carbons (Fsp3) is 0.533. The molecule has 2 rings (SSSR count). The van der Waals surface area contributed by atoms with Crippen LogP contribution in [-0.4, -0.2) is 9.55 Å². The third-order valence-corrected chi connectivity index (χ3v) is 3.85. The van der Waals surface area contributed by atoms with Crippen LogP contribution in [0.15, 0.2) is 12.1 Å². The van der Waals surface area contributed by atoms with Crippen molar-refractivity contribution in [1.82, 2.24) is 9.55 Å². The fourth-order valence-electron chi connectivity index (χ4n) is 2.64. The van der Waals surface area contributed by atoms with Crippen LogP contribution in [0.4, 0.5) is 4.39 Å². The Labute approximate surface area is 128 Å². The number of imidazole rings is 1. The highest BCUT2D eigenvalue weighted by Gasteiger charge is 2.21. The van der Waals surface area contributed by atoms with Gasteiger partial charge in [-0.1, -0.05) is 25.4 Å². The molecule has 20 heavy (non-hydrogen) atoms. The molecule has 0 radical (unpaired) electrons. The van der Waals surface area contributed by atoms with Crippen LogP contribution >= 0.6 is 23.2 Å². The molecule has 2 atom stereocenters. The average Bonchev–Trinajstić information content (AvgIpc) is 2.67. The van der Waals surface area contributed by atoms with Gasteiger partial charge in [-0.25, -0.2) is 9.37 Å². The van der Waals surface area contributed by atoms with E-state index in [4.69, 9.17) is 23.2 Å². The van der Waals surface area contributed by atoms with Crippen molar-refractivity contribution < 1.29 is 4.39 Å². The standard InChI is InChI=1S/C15H19Cl2FN2/c1-8(2)5-9(3)20-14-6-11(17)12(18)7-13(14)19-15(20)10(4)16/h6-10H,5H2,1-4H3. The average molecular weight is 317 g/mol. The minimum absolute atomic E-state index is 0.115. The molecular weight excluding hydrogens is 298 g/mol. The Morgan fingerprint density at radius 3 is 2.45 bits per heavy atom. The van der Waals surface area contributed by atoms with Crippen LogP contribution in [0.3, 0.4) is 0 Å². The summed E-state index contributed by atoms with van der Waals surface area (Å²) in [6, 6.07) is 3.25. The van der Waals surface area contributed by atoms with Crippen molar-refractivity contribution in [2.24, 2.45) is 5.92 Å². The SMILES string of the molecule is CC(C)CC(C)n1c(C(C)Cl)nc2cc(F)c(Cl)cc21. The molecule has 2 unspecified atom stereocenters. The van der Waals surface area contributed by atoms with E-state index in [0.29, 0.717) is 11.4 Å². The minimum Gasteiger partial charge on any atom is -0.324 e. The maximum Gasteiger partial charge on any atom is 0.144 e. The van der Waals surface area contributed by atoms with E-state index in [1.54, 1.807) is 6.07 Å². The van der Waals surface area contributed by atoms with Gasteiger partial charge in [-0.05, 0) is 32.3 Å². The molecule has 0 aliphatic rings. The molecule has 0 spiro atoms. The van der Waals surface area contributed by atoms with Gasteiger partial charge in [0.25, 0.3) is 0 Å². The molecule has 5 heteroatoms. The zero-order valence-electron chi connectivity index (χ0n) is 12.1. The molecule has 1 aromatic carbocycles. The van der Waals surface area contributed by atoms with Crippen LogP contribution in [0.25, 0.3) is 11.0 Å². The summed E-state index contributed by atoms with van der Waals surface area (Å²) in [6.45, 7) is 8.35. The van der Waals surface area contributed by atoms with Gasteiger partial charge in [0, 0.05) is 12.1 Å². The van der Waals surface area contributed by atoms with Crippen LogP contribution in [0, 0.1) is 11.7 Å². The van der Waals surface area contributed by atoms with Crippen LogP contribution in [0.5, 0.6) is 0 Å². The number of aromatic nitrogens is 2. The summed E-state index contributed by atoms with van der Waals surface area (Å²) in [4.78, 5) is 4.47. The normalized spacial score (nSPS) is 15.0. The fourth-order valence-corrected chi connectivity index (χ4v) is 2.95. The Bertz CT molecular complexity index is 620. The van der Waals surface area contributed by atoms with Crippen LogP contribution in [0.2, 0.25) is 5.02 Å². The number of alkyl halides is 1. The number of fused-ring (bicyclic) bond motifs is 1. The van der Waals surface area contributed by atoms with Gasteiger partial charge in [0.2, 0.25) is 0 Å². The first-order valence-electron chi connectivity index (χ1n) is 6.82. The highest BCUT2D eigenvalue weighted by Crippen LogP contribution is 2.32. The molecular formula is C15H19Cl2FN2. The first-order chi connectivity index (χ1) is 9.31. The van der Waals surface area contributed by atoms with Gasteiger partial charge in [-0.15, -0.1) is 11.6 Å². The van der Waals surface area contributed by atoms with E-state index in [1.165, 1.54) is 6.07 Å².